The number of carbonyl (C=O) groups excluding carboxylic acids is 1. The lowest BCUT2D eigenvalue weighted by Gasteiger charge is -2.36. The van der Waals surface area contributed by atoms with Crippen LogP contribution in [0, 0.1) is 12.8 Å². The third kappa shape index (κ3) is 4.17. The SMILES string of the molecule is CCCN1C[C@@H]2CC[C@H]1CN(C(=O)C(C)(C)Oc1cccc(C)c1)C2. The first-order valence-electron chi connectivity index (χ1n) is 9.68. The van der Waals surface area contributed by atoms with E-state index in [1.807, 2.05) is 45.0 Å². The van der Waals surface area contributed by atoms with E-state index in [-0.39, 0.29) is 5.91 Å². The van der Waals surface area contributed by atoms with E-state index in [2.05, 4.69) is 16.7 Å². The van der Waals surface area contributed by atoms with Crippen LogP contribution in [0.15, 0.2) is 24.3 Å². The smallest absolute Gasteiger partial charge is 0.266 e. The van der Waals surface area contributed by atoms with Gasteiger partial charge in [0.15, 0.2) is 5.60 Å². The highest BCUT2D eigenvalue weighted by atomic mass is 16.5. The number of nitrogens with zero attached hydrogens (tertiary/aromatic N) is 2. The molecule has 1 aromatic carbocycles. The molecule has 3 aliphatic rings. The lowest BCUT2D eigenvalue weighted by Crippen LogP contribution is -2.51. The van der Waals surface area contributed by atoms with Crippen molar-refractivity contribution >= 4 is 5.91 Å². The van der Waals surface area contributed by atoms with Crippen LogP contribution in [0.25, 0.3) is 0 Å². The van der Waals surface area contributed by atoms with Gasteiger partial charge in [-0.1, -0.05) is 19.1 Å². The fourth-order valence-corrected chi connectivity index (χ4v) is 4.30. The Bertz CT molecular complexity index is 614. The van der Waals surface area contributed by atoms with Crippen LogP contribution in [0.5, 0.6) is 5.75 Å². The molecular formula is C21H32N2O2. The lowest BCUT2D eigenvalue weighted by atomic mass is 9.95. The maximum absolute atomic E-state index is 13.2. The molecule has 0 radical (unpaired) electrons. The lowest BCUT2D eigenvalue weighted by molar-refractivity contribution is -0.145. The van der Waals surface area contributed by atoms with Gasteiger partial charge in [-0.3, -0.25) is 9.69 Å². The number of fused-ring (bicyclic) bond motifs is 4. The summed E-state index contributed by atoms with van der Waals surface area (Å²) in [7, 11) is 0. The number of benzene rings is 1. The average Bonchev–Trinajstić information content (AvgIpc) is 2.85. The highest BCUT2D eigenvalue weighted by Gasteiger charge is 2.41. The summed E-state index contributed by atoms with van der Waals surface area (Å²) in [5.74, 6) is 1.48. The van der Waals surface area contributed by atoms with Crippen molar-refractivity contribution < 1.29 is 9.53 Å². The van der Waals surface area contributed by atoms with E-state index >= 15 is 0 Å². The van der Waals surface area contributed by atoms with Gasteiger partial charge in [-0.2, -0.15) is 0 Å². The molecule has 0 aliphatic carbocycles. The van der Waals surface area contributed by atoms with E-state index in [0.29, 0.717) is 12.0 Å². The third-order valence-electron chi connectivity index (χ3n) is 5.50. The van der Waals surface area contributed by atoms with E-state index in [1.165, 1.54) is 19.3 Å². The van der Waals surface area contributed by atoms with Crippen LogP contribution >= 0.6 is 0 Å². The van der Waals surface area contributed by atoms with Crippen LogP contribution < -0.4 is 4.74 Å². The van der Waals surface area contributed by atoms with E-state index in [1.54, 1.807) is 0 Å². The molecule has 2 atom stereocenters. The molecule has 138 valence electrons. The summed E-state index contributed by atoms with van der Waals surface area (Å²) in [4.78, 5) is 17.9. The molecule has 4 rings (SSSR count). The Morgan fingerprint density at radius 2 is 2.04 bits per heavy atom. The van der Waals surface area contributed by atoms with Crippen molar-refractivity contribution in [2.24, 2.45) is 5.92 Å². The van der Waals surface area contributed by atoms with Gasteiger partial charge in [0.25, 0.3) is 5.91 Å². The molecule has 2 bridgehead atoms. The van der Waals surface area contributed by atoms with Crippen molar-refractivity contribution in [2.45, 2.75) is 58.6 Å². The van der Waals surface area contributed by atoms with Crippen molar-refractivity contribution in [1.29, 1.82) is 0 Å². The summed E-state index contributed by atoms with van der Waals surface area (Å²) in [6, 6.07) is 8.44. The number of hydrogen-bond acceptors (Lipinski definition) is 3. The van der Waals surface area contributed by atoms with E-state index in [4.69, 9.17) is 4.74 Å². The van der Waals surface area contributed by atoms with Crippen LogP contribution in [0.1, 0.15) is 45.6 Å². The van der Waals surface area contributed by atoms with Gasteiger partial charge in [0.05, 0.1) is 0 Å². The largest absolute Gasteiger partial charge is 0.478 e. The average molecular weight is 344 g/mol. The highest BCUT2D eigenvalue weighted by Crippen LogP contribution is 2.30. The Labute approximate surface area is 152 Å². The van der Waals surface area contributed by atoms with Crippen molar-refractivity contribution in [3.63, 3.8) is 0 Å². The second-order valence-corrected chi connectivity index (χ2v) is 8.23. The van der Waals surface area contributed by atoms with Gasteiger partial charge in [-0.15, -0.1) is 0 Å². The Morgan fingerprint density at radius 3 is 2.76 bits per heavy atom. The summed E-state index contributed by atoms with van der Waals surface area (Å²) in [6.07, 6.45) is 3.64. The Kier molecular flexibility index (Phi) is 5.38. The van der Waals surface area contributed by atoms with Gasteiger partial charge in [0, 0.05) is 25.7 Å². The molecule has 25 heavy (non-hydrogen) atoms. The van der Waals surface area contributed by atoms with Crippen molar-refractivity contribution in [1.82, 2.24) is 9.80 Å². The molecule has 0 aromatic heterocycles. The number of rotatable bonds is 5. The summed E-state index contributed by atoms with van der Waals surface area (Å²) in [5.41, 5.74) is 0.302. The molecule has 3 aliphatic heterocycles. The quantitative estimate of drug-likeness (QED) is 0.820. The molecule has 0 saturated carbocycles. The zero-order valence-corrected chi connectivity index (χ0v) is 16.1. The summed E-state index contributed by atoms with van der Waals surface area (Å²) >= 11 is 0. The summed E-state index contributed by atoms with van der Waals surface area (Å²) < 4.78 is 6.10. The number of aryl methyl sites for hydroxylation is 1. The summed E-state index contributed by atoms with van der Waals surface area (Å²) in [6.45, 7) is 12.1. The van der Waals surface area contributed by atoms with Gasteiger partial charge >= 0.3 is 0 Å². The minimum atomic E-state index is -0.840. The normalized spacial score (nSPS) is 24.2. The fourth-order valence-electron chi connectivity index (χ4n) is 4.30. The van der Waals surface area contributed by atoms with E-state index in [0.717, 1.165) is 37.5 Å². The standard InChI is InChI=1S/C21H32N2O2/c1-5-11-22-13-17-9-10-18(22)15-23(14-17)20(24)21(3,4)25-19-8-6-7-16(2)12-19/h6-8,12,17-18H,5,9-11,13-15H2,1-4H3/t17-,18-/m0/s1. The second kappa shape index (κ2) is 7.36. The third-order valence-corrected chi connectivity index (χ3v) is 5.50. The predicted molar refractivity (Wildman–Crippen MR) is 101 cm³/mol. The zero-order chi connectivity index (χ0) is 18.0. The van der Waals surface area contributed by atoms with Crippen LogP contribution in [0.4, 0.5) is 0 Å². The van der Waals surface area contributed by atoms with Gasteiger partial charge in [0.2, 0.25) is 0 Å². The van der Waals surface area contributed by atoms with Crippen molar-refractivity contribution in [3.8, 4) is 5.75 Å². The number of amides is 1. The second-order valence-electron chi connectivity index (χ2n) is 8.23. The highest BCUT2D eigenvalue weighted by molar-refractivity contribution is 5.85. The predicted octanol–water partition coefficient (Wildman–Crippen LogP) is 3.49. The van der Waals surface area contributed by atoms with Gasteiger partial charge < -0.3 is 9.64 Å². The molecule has 0 unspecified atom stereocenters. The van der Waals surface area contributed by atoms with Crippen LogP contribution in [0.3, 0.4) is 0 Å². The number of carbonyl (C=O) groups is 1. The Balaban J connectivity index is 1.71. The first kappa shape index (κ1) is 18.2. The monoisotopic (exact) mass is 344 g/mol. The first-order valence-corrected chi connectivity index (χ1v) is 9.68. The first-order chi connectivity index (χ1) is 11.9. The number of hydrogen-bond donors (Lipinski definition) is 0. The van der Waals surface area contributed by atoms with Gasteiger partial charge in [-0.25, -0.2) is 0 Å². The Morgan fingerprint density at radius 1 is 1.24 bits per heavy atom. The summed E-state index contributed by atoms with van der Waals surface area (Å²) in [5, 5.41) is 0. The van der Waals surface area contributed by atoms with Crippen molar-refractivity contribution in [2.75, 3.05) is 26.2 Å². The number of ether oxygens (including phenoxy) is 1. The zero-order valence-electron chi connectivity index (χ0n) is 16.1. The van der Waals surface area contributed by atoms with Crippen molar-refractivity contribution in [3.05, 3.63) is 29.8 Å². The number of piperidine rings is 1. The molecular weight excluding hydrogens is 312 g/mol. The molecule has 3 fully saturated rings. The molecule has 1 aromatic rings. The molecule has 1 amide bonds. The molecule has 3 heterocycles. The fraction of sp³-hybridized carbons (Fsp3) is 0.667. The van der Waals surface area contributed by atoms with Gasteiger partial charge in [-0.05, 0) is 70.2 Å². The van der Waals surface area contributed by atoms with Crippen LogP contribution in [-0.4, -0.2) is 53.5 Å². The van der Waals surface area contributed by atoms with E-state index in [9.17, 15) is 4.79 Å². The minimum absolute atomic E-state index is 0.115. The minimum Gasteiger partial charge on any atom is -0.478 e. The molecule has 0 spiro atoms. The molecule has 3 saturated heterocycles. The maximum atomic E-state index is 13.2. The van der Waals surface area contributed by atoms with E-state index < -0.39 is 5.60 Å². The topological polar surface area (TPSA) is 32.8 Å². The Hall–Kier alpha value is -1.55. The van der Waals surface area contributed by atoms with Crippen LogP contribution in [0.2, 0.25) is 0 Å². The molecule has 4 nitrogen and oxygen atoms in total. The molecule has 4 heteroatoms. The van der Waals surface area contributed by atoms with Crippen LogP contribution in [-0.2, 0) is 4.79 Å². The molecule has 0 N–H and O–H groups in total. The van der Waals surface area contributed by atoms with Gasteiger partial charge in [0.1, 0.15) is 5.75 Å². The maximum Gasteiger partial charge on any atom is 0.266 e.